The SMILES string of the molecule is CC(=O)NS(=O)(=O)c1ccc(-c2ccc(Cl)c3c2CNC(=O)[C@H](Cc2c[nH]c4ccccc24)N(C)C(=O)[C@H](CCCCN)NC(=O)[C@H](CCCN)NCc2cccnc2S3)cc1. The van der Waals surface area contributed by atoms with Crippen molar-refractivity contribution >= 4 is 67.9 Å². The summed E-state index contributed by atoms with van der Waals surface area (Å²) in [5, 5.41) is 11.4. The van der Waals surface area contributed by atoms with Crippen LogP contribution in [0.2, 0.25) is 5.02 Å². The molecule has 3 aromatic carbocycles. The van der Waals surface area contributed by atoms with Crippen molar-refractivity contribution in [2.45, 2.75) is 91.5 Å². The summed E-state index contributed by atoms with van der Waals surface area (Å²) in [7, 11) is -2.53. The predicted molar refractivity (Wildman–Crippen MR) is 240 cm³/mol. The van der Waals surface area contributed by atoms with Crippen LogP contribution in [0.25, 0.3) is 22.0 Å². The second-order valence-corrected chi connectivity index (χ2v) is 18.2. The average Bonchev–Trinajstić information content (AvgIpc) is 3.67. The van der Waals surface area contributed by atoms with Gasteiger partial charge < -0.3 is 37.3 Å². The number of nitrogens with one attached hydrogen (secondary N) is 5. The Morgan fingerprint density at radius 3 is 2.40 bits per heavy atom. The molecule has 3 heterocycles. The van der Waals surface area contributed by atoms with E-state index in [0.29, 0.717) is 76.8 Å². The highest BCUT2D eigenvalue weighted by Gasteiger charge is 2.34. The Labute approximate surface area is 370 Å². The topological polar surface area (TPSA) is 234 Å². The van der Waals surface area contributed by atoms with Gasteiger partial charge in [-0.05, 0) is 103 Å². The van der Waals surface area contributed by atoms with E-state index in [9.17, 15) is 27.6 Å². The molecular weight excluding hydrogens is 850 g/mol. The maximum atomic E-state index is 14.8. The Hall–Kier alpha value is -5.30. The normalized spacial score (nSPS) is 18.0. The van der Waals surface area contributed by atoms with Crippen LogP contribution in [0.15, 0.2) is 100 Å². The van der Waals surface area contributed by atoms with Gasteiger partial charge >= 0.3 is 0 Å². The second-order valence-electron chi connectivity index (χ2n) is 15.1. The van der Waals surface area contributed by atoms with E-state index in [0.717, 1.165) is 29.0 Å². The number of carbonyl (C=O) groups is 4. The smallest absolute Gasteiger partial charge is 0.264 e. The number of nitrogens with two attached hydrogens (primary N) is 2. The highest BCUT2D eigenvalue weighted by Crippen LogP contribution is 2.41. The standard InChI is InChI=1S/C44H52ClN9O6S2/c1-27(55)53-62(59,60)31-16-14-28(15-17-31)32-18-19-35(45)40-34(32)26-51-42(57)39(23-30-25-49-36-11-4-3-10-33(30)36)54(2)44(58)38(12-5-6-20-46)52-41(56)37(13-7-21-47)50-24-29-9-8-22-48-43(29)61-40/h3-4,8-11,14-19,22,25,37-39,49-50H,5-7,12-13,20-21,23-24,26,46-47H2,1-2H3,(H,51,57)(H,52,56)(H,53,55)/t37-,38-,39-/m0/s1. The lowest BCUT2D eigenvalue weighted by Gasteiger charge is -2.32. The molecule has 15 nitrogen and oxygen atoms in total. The number of benzene rings is 3. The monoisotopic (exact) mass is 901 g/mol. The molecule has 0 radical (unpaired) electrons. The molecule has 0 bridgehead atoms. The van der Waals surface area contributed by atoms with Crippen molar-refractivity contribution in [3.63, 3.8) is 0 Å². The van der Waals surface area contributed by atoms with Crippen molar-refractivity contribution in [2.24, 2.45) is 11.5 Å². The first-order chi connectivity index (χ1) is 29.8. The number of aromatic nitrogens is 2. The van der Waals surface area contributed by atoms with E-state index < -0.39 is 45.9 Å². The van der Waals surface area contributed by atoms with Crippen LogP contribution in [-0.4, -0.2) is 85.2 Å². The molecule has 1 aliphatic heterocycles. The zero-order valence-electron chi connectivity index (χ0n) is 34.6. The predicted octanol–water partition coefficient (Wildman–Crippen LogP) is 4.37. The lowest BCUT2D eigenvalue weighted by Crippen LogP contribution is -2.57. The summed E-state index contributed by atoms with van der Waals surface area (Å²) in [6.45, 7) is 2.08. The van der Waals surface area contributed by atoms with Gasteiger partial charge in [0.2, 0.25) is 23.6 Å². The van der Waals surface area contributed by atoms with Crippen LogP contribution in [0.5, 0.6) is 0 Å². The van der Waals surface area contributed by atoms with Crippen LogP contribution in [-0.2, 0) is 48.7 Å². The van der Waals surface area contributed by atoms with Crippen LogP contribution in [0.4, 0.5) is 0 Å². The zero-order chi connectivity index (χ0) is 44.4. The van der Waals surface area contributed by atoms with Gasteiger partial charge in [0, 0.05) is 61.7 Å². The van der Waals surface area contributed by atoms with Crippen molar-refractivity contribution in [3.05, 3.63) is 107 Å². The fourth-order valence-corrected chi connectivity index (χ4v) is 9.81. The molecule has 0 spiro atoms. The molecule has 3 atom stereocenters. The molecule has 5 aromatic rings. The molecule has 6 rings (SSSR count). The molecule has 9 N–H and O–H groups in total. The first-order valence-corrected chi connectivity index (χ1v) is 23.1. The first-order valence-electron chi connectivity index (χ1n) is 20.4. The molecule has 0 saturated carbocycles. The van der Waals surface area contributed by atoms with Crippen molar-refractivity contribution in [2.75, 3.05) is 20.1 Å². The fraction of sp³-hybridized carbons (Fsp3) is 0.341. The molecule has 0 saturated heterocycles. The minimum absolute atomic E-state index is 0.0480. The molecule has 62 heavy (non-hydrogen) atoms. The minimum Gasteiger partial charge on any atom is -0.361 e. The van der Waals surface area contributed by atoms with Gasteiger partial charge in [0.15, 0.2) is 0 Å². The van der Waals surface area contributed by atoms with Gasteiger partial charge in [-0.25, -0.2) is 18.1 Å². The van der Waals surface area contributed by atoms with Gasteiger partial charge in [0.25, 0.3) is 10.0 Å². The number of hydrogen-bond acceptors (Lipinski definition) is 11. The molecule has 18 heteroatoms. The number of H-pyrrole nitrogens is 1. The number of nitrogens with zero attached hydrogens (tertiary/aromatic N) is 2. The Morgan fingerprint density at radius 1 is 0.919 bits per heavy atom. The van der Waals surface area contributed by atoms with Crippen LogP contribution >= 0.6 is 23.4 Å². The van der Waals surface area contributed by atoms with E-state index in [1.54, 1.807) is 43.6 Å². The molecule has 4 amide bonds. The fourth-order valence-electron chi connectivity index (χ4n) is 7.48. The van der Waals surface area contributed by atoms with Crippen LogP contribution in [0.1, 0.15) is 55.7 Å². The Bertz CT molecular complexity index is 2520. The van der Waals surface area contributed by atoms with Crippen molar-refractivity contribution < 1.29 is 27.6 Å². The molecule has 2 aromatic heterocycles. The van der Waals surface area contributed by atoms with E-state index in [4.69, 9.17) is 28.1 Å². The summed E-state index contributed by atoms with van der Waals surface area (Å²) < 4.78 is 27.6. The van der Waals surface area contributed by atoms with E-state index in [1.807, 2.05) is 41.3 Å². The number of fused-ring (bicyclic) bond motifs is 3. The molecule has 1 aliphatic rings. The van der Waals surface area contributed by atoms with Gasteiger partial charge in [0.05, 0.1) is 16.0 Å². The summed E-state index contributed by atoms with van der Waals surface area (Å²) in [6, 6.07) is 18.2. The third-order valence-electron chi connectivity index (χ3n) is 10.8. The lowest BCUT2D eigenvalue weighted by atomic mass is 9.98. The van der Waals surface area contributed by atoms with Crippen LogP contribution in [0.3, 0.4) is 0 Å². The third kappa shape index (κ3) is 11.2. The number of pyridine rings is 1. The molecule has 328 valence electrons. The van der Waals surface area contributed by atoms with Crippen molar-refractivity contribution in [3.8, 4) is 11.1 Å². The highest BCUT2D eigenvalue weighted by atomic mass is 35.5. The largest absolute Gasteiger partial charge is 0.361 e. The number of para-hydroxylation sites is 1. The molecule has 0 fully saturated rings. The number of unbranched alkanes of at least 4 members (excludes halogenated alkanes) is 1. The van der Waals surface area contributed by atoms with Gasteiger partial charge in [-0.1, -0.05) is 65.8 Å². The Morgan fingerprint density at radius 2 is 1.66 bits per heavy atom. The summed E-state index contributed by atoms with van der Waals surface area (Å²) in [6.07, 6.45) is 6.09. The summed E-state index contributed by atoms with van der Waals surface area (Å²) in [5.41, 5.74) is 16.1. The summed E-state index contributed by atoms with van der Waals surface area (Å²) in [4.78, 5) is 65.1. The van der Waals surface area contributed by atoms with Crippen LogP contribution in [0, 0.1) is 0 Å². The van der Waals surface area contributed by atoms with E-state index >= 15 is 0 Å². The number of carbonyl (C=O) groups excluding carboxylic acids is 4. The van der Waals surface area contributed by atoms with Gasteiger partial charge in [-0.2, -0.15) is 0 Å². The number of amides is 4. The number of likely N-dealkylation sites (N-methyl/N-ethyl adjacent to an activating group) is 1. The quantitative estimate of drug-likeness (QED) is 0.0869. The van der Waals surface area contributed by atoms with E-state index in [-0.39, 0.29) is 30.3 Å². The average molecular weight is 903 g/mol. The van der Waals surface area contributed by atoms with Crippen molar-refractivity contribution in [1.82, 2.24) is 35.5 Å². The van der Waals surface area contributed by atoms with Crippen molar-refractivity contribution in [1.29, 1.82) is 0 Å². The summed E-state index contributed by atoms with van der Waals surface area (Å²) in [5.74, 6) is -1.97. The molecule has 0 aliphatic carbocycles. The van der Waals surface area contributed by atoms with Gasteiger partial charge in [0.1, 0.15) is 17.1 Å². The highest BCUT2D eigenvalue weighted by molar-refractivity contribution is 7.99. The molecule has 0 unspecified atom stereocenters. The summed E-state index contributed by atoms with van der Waals surface area (Å²) >= 11 is 8.32. The van der Waals surface area contributed by atoms with Gasteiger partial charge in [-0.15, -0.1) is 0 Å². The van der Waals surface area contributed by atoms with E-state index in [1.165, 1.54) is 28.8 Å². The third-order valence-corrected chi connectivity index (χ3v) is 13.9. The number of rotatable bonds is 12. The maximum Gasteiger partial charge on any atom is 0.264 e. The lowest BCUT2D eigenvalue weighted by molar-refractivity contribution is -0.142. The first kappa shape index (κ1) is 46.2. The number of sulfonamides is 1. The Kier molecular flexibility index (Phi) is 15.8. The minimum atomic E-state index is -4.11. The van der Waals surface area contributed by atoms with E-state index in [2.05, 4.69) is 20.9 Å². The van der Waals surface area contributed by atoms with Crippen LogP contribution < -0.4 is 32.1 Å². The second kappa shape index (κ2) is 21.2. The molecular formula is C44H52ClN9O6S2. The number of aromatic amines is 1. The maximum absolute atomic E-state index is 14.8. The number of halogens is 1. The Balaban J connectivity index is 1.48. The number of hydrogen-bond donors (Lipinski definition) is 7. The zero-order valence-corrected chi connectivity index (χ0v) is 37.0. The van der Waals surface area contributed by atoms with Gasteiger partial charge in [-0.3, -0.25) is 19.2 Å².